The molecule has 0 saturated heterocycles. The summed E-state index contributed by atoms with van der Waals surface area (Å²) >= 11 is 0. The normalized spacial score (nSPS) is 25.6. The van der Waals surface area contributed by atoms with Crippen molar-refractivity contribution in [1.82, 2.24) is 5.32 Å². The highest BCUT2D eigenvalue weighted by Crippen LogP contribution is 2.17. The molecule has 0 bridgehead atoms. The maximum atomic E-state index is 11.1. The van der Waals surface area contributed by atoms with E-state index in [2.05, 4.69) is 5.32 Å². The Morgan fingerprint density at radius 1 is 1.29 bits per heavy atom. The van der Waals surface area contributed by atoms with Crippen LogP contribution in [0.4, 0.5) is 0 Å². The third-order valence-corrected chi connectivity index (χ3v) is 2.57. The van der Waals surface area contributed by atoms with Gasteiger partial charge in [-0.3, -0.25) is 4.79 Å². The lowest BCUT2D eigenvalue weighted by molar-refractivity contribution is -0.131. The number of nitrogens with one attached hydrogen (secondary N) is 1. The van der Waals surface area contributed by atoms with Gasteiger partial charge in [-0.2, -0.15) is 0 Å². The molecular formula is C13H15NO3. The van der Waals surface area contributed by atoms with Crippen LogP contribution in [0.3, 0.4) is 0 Å². The molecule has 4 heteroatoms. The molecule has 1 aliphatic rings. The molecule has 1 aromatic carbocycles. The van der Waals surface area contributed by atoms with E-state index in [9.17, 15) is 4.79 Å². The second-order valence-corrected chi connectivity index (χ2v) is 3.75. The Morgan fingerprint density at radius 3 is 2.76 bits per heavy atom. The number of carbonyl (C=O) groups is 1. The first kappa shape index (κ1) is 11.8. The molecule has 0 spiro atoms. The van der Waals surface area contributed by atoms with Crippen LogP contribution in [0, 0.1) is 0 Å². The zero-order valence-corrected chi connectivity index (χ0v) is 9.68. The molecule has 1 unspecified atom stereocenters. The highest BCUT2D eigenvalue weighted by Gasteiger charge is 2.14. The highest BCUT2D eigenvalue weighted by atomic mass is 16.7. The van der Waals surface area contributed by atoms with Gasteiger partial charge in [0.1, 0.15) is 13.0 Å². The van der Waals surface area contributed by atoms with Crippen molar-refractivity contribution in [3.63, 3.8) is 0 Å². The third kappa shape index (κ3) is 2.93. The first-order valence-electron chi connectivity index (χ1n) is 5.52. The number of hydrogen-bond donors (Lipinski definition) is 1. The molecule has 4 nitrogen and oxygen atoms in total. The largest absolute Gasteiger partial charge is 0.362 e. The van der Waals surface area contributed by atoms with Crippen LogP contribution in [0.5, 0.6) is 0 Å². The predicted molar refractivity (Wildman–Crippen MR) is 63.9 cm³/mol. The quantitative estimate of drug-likeness (QED) is 0.787. The highest BCUT2D eigenvalue weighted by molar-refractivity contribution is 5.87. The average molecular weight is 233 g/mol. The molecule has 0 saturated carbocycles. The Kier molecular flexibility index (Phi) is 3.90. The first-order chi connectivity index (χ1) is 8.31. The minimum absolute atomic E-state index is 0.252. The van der Waals surface area contributed by atoms with Crippen LogP contribution in [0.2, 0.25) is 0 Å². The second kappa shape index (κ2) is 5.61. The van der Waals surface area contributed by atoms with Gasteiger partial charge in [-0.15, -0.1) is 0 Å². The van der Waals surface area contributed by atoms with E-state index in [-0.39, 0.29) is 12.9 Å². The Hall–Kier alpha value is -1.65. The lowest BCUT2D eigenvalue weighted by Crippen LogP contribution is -2.28. The molecule has 1 atom stereocenters. The average Bonchev–Trinajstić information content (AvgIpc) is 2.35. The molecule has 90 valence electrons. The molecule has 0 fully saturated rings. The van der Waals surface area contributed by atoms with Crippen LogP contribution in [-0.2, 0) is 14.3 Å². The SMILES string of the molecule is CC1OCN/C(c2ccccc2)=C(/C=O)CO1. The standard InChI is InChI=1S/C13H15NO3/c1-10-16-8-12(7-15)13(14-9-17-10)11-5-3-2-4-6-11/h2-7,10,14H,8-9H2,1H3/b13-12-. The summed E-state index contributed by atoms with van der Waals surface area (Å²) in [4.78, 5) is 11.1. The van der Waals surface area contributed by atoms with Crippen LogP contribution >= 0.6 is 0 Å². The van der Waals surface area contributed by atoms with Crippen LogP contribution < -0.4 is 5.32 Å². The molecule has 1 aliphatic heterocycles. The second-order valence-electron chi connectivity index (χ2n) is 3.75. The number of rotatable bonds is 2. The fraction of sp³-hybridized carbons (Fsp3) is 0.308. The van der Waals surface area contributed by atoms with Gasteiger partial charge in [0, 0.05) is 5.57 Å². The van der Waals surface area contributed by atoms with E-state index in [1.165, 1.54) is 0 Å². The van der Waals surface area contributed by atoms with Gasteiger partial charge in [-0.05, 0) is 12.5 Å². The monoisotopic (exact) mass is 233 g/mol. The van der Waals surface area contributed by atoms with E-state index in [0.717, 1.165) is 17.5 Å². The summed E-state index contributed by atoms with van der Waals surface area (Å²) in [5.74, 6) is 0. The number of hydrogen-bond acceptors (Lipinski definition) is 4. The van der Waals surface area contributed by atoms with Crippen LogP contribution in [0.25, 0.3) is 5.70 Å². The topological polar surface area (TPSA) is 47.6 Å². The summed E-state index contributed by atoms with van der Waals surface area (Å²) in [7, 11) is 0. The van der Waals surface area contributed by atoms with Crippen molar-refractivity contribution in [3.05, 3.63) is 41.5 Å². The van der Waals surface area contributed by atoms with E-state index >= 15 is 0 Å². The van der Waals surface area contributed by atoms with Crippen molar-refractivity contribution in [2.24, 2.45) is 0 Å². The number of aldehydes is 1. The van der Waals surface area contributed by atoms with E-state index in [1.54, 1.807) is 6.92 Å². The smallest absolute Gasteiger partial charge is 0.157 e. The maximum absolute atomic E-state index is 11.1. The van der Waals surface area contributed by atoms with Crippen molar-refractivity contribution < 1.29 is 14.3 Å². The van der Waals surface area contributed by atoms with Crippen LogP contribution in [0.1, 0.15) is 12.5 Å². The Balaban J connectivity index is 2.32. The molecule has 0 aliphatic carbocycles. The van der Waals surface area contributed by atoms with Crippen molar-refractivity contribution in [1.29, 1.82) is 0 Å². The Bertz CT molecular complexity index is 414. The third-order valence-electron chi connectivity index (χ3n) is 2.57. The van der Waals surface area contributed by atoms with Crippen molar-refractivity contribution in [3.8, 4) is 0 Å². The summed E-state index contributed by atoms with van der Waals surface area (Å²) in [5, 5.41) is 3.12. The van der Waals surface area contributed by atoms with Crippen LogP contribution in [0.15, 0.2) is 35.9 Å². The molecule has 0 aromatic heterocycles. The molecule has 1 N–H and O–H groups in total. The molecule has 1 heterocycles. The number of ether oxygens (including phenoxy) is 2. The van der Waals surface area contributed by atoms with Gasteiger partial charge in [0.15, 0.2) is 6.29 Å². The van der Waals surface area contributed by atoms with E-state index < -0.39 is 0 Å². The van der Waals surface area contributed by atoms with Gasteiger partial charge in [0.2, 0.25) is 0 Å². The predicted octanol–water partition coefficient (Wildman–Crippen LogP) is 1.54. The van der Waals surface area contributed by atoms with Crippen molar-refractivity contribution in [2.75, 3.05) is 13.3 Å². The molecule has 17 heavy (non-hydrogen) atoms. The molecular weight excluding hydrogens is 218 g/mol. The lowest BCUT2D eigenvalue weighted by Gasteiger charge is -2.22. The maximum Gasteiger partial charge on any atom is 0.157 e. The molecule has 2 rings (SSSR count). The first-order valence-corrected chi connectivity index (χ1v) is 5.52. The number of carbonyl (C=O) groups excluding carboxylic acids is 1. The minimum atomic E-state index is -0.310. The minimum Gasteiger partial charge on any atom is -0.362 e. The van der Waals surface area contributed by atoms with Gasteiger partial charge in [0.05, 0.1) is 12.3 Å². The van der Waals surface area contributed by atoms with Crippen molar-refractivity contribution in [2.45, 2.75) is 13.2 Å². The van der Waals surface area contributed by atoms with E-state index in [4.69, 9.17) is 9.47 Å². The van der Waals surface area contributed by atoms with Gasteiger partial charge in [0.25, 0.3) is 0 Å². The summed E-state index contributed by atoms with van der Waals surface area (Å²) < 4.78 is 10.7. The molecule has 0 amide bonds. The van der Waals surface area contributed by atoms with E-state index in [1.807, 2.05) is 30.3 Å². The fourth-order valence-corrected chi connectivity index (χ4v) is 1.66. The lowest BCUT2D eigenvalue weighted by atomic mass is 10.1. The van der Waals surface area contributed by atoms with Gasteiger partial charge < -0.3 is 14.8 Å². The zero-order valence-electron chi connectivity index (χ0n) is 9.68. The van der Waals surface area contributed by atoms with E-state index in [0.29, 0.717) is 12.3 Å². The molecule has 1 aromatic rings. The summed E-state index contributed by atoms with van der Waals surface area (Å²) in [5.41, 5.74) is 2.33. The van der Waals surface area contributed by atoms with Crippen molar-refractivity contribution >= 4 is 12.0 Å². The summed E-state index contributed by atoms with van der Waals surface area (Å²) in [6.07, 6.45) is 0.516. The summed E-state index contributed by atoms with van der Waals surface area (Å²) in [6, 6.07) is 9.67. The van der Waals surface area contributed by atoms with Gasteiger partial charge in [-0.1, -0.05) is 30.3 Å². The number of benzene rings is 1. The fourth-order valence-electron chi connectivity index (χ4n) is 1.66. The summed E-state index contributed by atoms with van der Waals surface area (Å²) in [6.45, 7) is 2.38. The van der Waals surface area contributed by atoms with Gasteiger partial charge >= 0.3 is 0 Å². The zero-order chi connectivity index (χ0) is 12.1. The Labute approximate surface area is 100 Å². The molecule has 0 radical (unpaired) electrons. The van der Waals surface area contributed by atoms with Crippen LogP contribution in [-0.4, -0.2) is 25.9 Å². The van der Waals surface area contributed by atoms with Gasteiger partial charge in [-0.25, -0.2) is 0 Å². The Morgan fingerprint density at radius 2 is 2.06 bits per heavy atom.